The molecule has 3 aromatic heterocycles. The van der Waals surface area contributed by atoms with Crippen LogP contribution >= 0.6 is 0 Å². The van der Waals surface area contributed by atoms with Gasteiger partial charge in [0, 0.05) is 66.2 Å². The minimum absolute atomic E-state index is 0.856. The van der Waals surface area contributed by atoms with Crippen LogP contribution in [0.5, 0.6) is 0 Å². The largest absolute Gasteiger partial charge is 0.455 e. The summed E-state index contributed by atoms with van der Waals surface area (Å²) < 4.78 is 15.7. The molecule has 0 bridgehead atoms. The summed E-state index contributed by atoms with van der Waals surface area (Å²) >= 11 is 0. The molecule has 14 rings (SSSR count). The van der Waals surface area contributed by atoms with Crippen molar-refractivity contribution in [2.75, 3.05) is 4.90 Å². The van der Waals surface area contributed by atoms with Crippen molar-refractivity contribution >= 4 is 93.5 Å². The van der Waals surface area contributed by atoms with E-state index in [0.29, 0.717) is 0 Å². The molecule has 0 atom stereocenters. The van der Waals surface area contributed by atoms with Gasteiger partial charge in [-0.3, -0.25) is 0 Å². The fourth-order valence-corrected chi connectivity index (χ4v) is 10.6. The van der Waals surface area contributed by atoms with Crippen molar-refractivity contribution in [1.29, 1.82) is 0 Å². The number of nitrogens with zero attached hydrogens (tertiary/aromatic N) is 2. The van der Waals surface area contributed by atoms with E-state index >= 15 is 0 Å². The van der Waals surface area contributed by atoms with Gasteiger partial charge in [-0.05, 0) is 106 Å². The Kier molecular flexibility index (Phi) is 8.55. The highest BCUT2D eigenvalue weighted by Crippen LogP contribution is 2.45. The second-order valence-electron chi connectivity index (χ2n) is 17.6. The van der Waals surface area contributed by atoms with Gasteiger partial charge in [0.15, 0.2) is 0 Å². The second-order valence-corrected chi connectivity index (χ2v) is 17.6. The lowest BCUT2D eigenvalue weighted by Gasteiger charge is -2.27. The molecule has 0 saturated heterocycles. The maximum Gasteiger partial charge on any atom is 0.143 e. The summed E-state index contributed by atoms with van der Waals surface area (Å²) in [5.74, 6) is 0. The summed E-state index contributed by atoms with van der Waals surface area (Å²) in [5.41, 5.74) is 16.6. The number of rotatable bonds is 7. The summed E-state index contributed by atoms with van der Waals surface area (Å²) in [7, 11) is 0. The Morgan fingerprint density at radius 1 is 0.294 bits per heavy atom. The number of benzene rings is 11. The van der Waals surface area contributed by atoms with E-state index in [1.807, 2.05) is 18.2 Å². The maximum absolute atomic E-state index is 6.84. The minimum Gasteiger partial charge on any atom is -0.455 e. The smallest absolute Gasteiger partial charge is 0.143 e. The second kappa shape index (κ2) is 15.2. The highest BCUT2D eigenvalue weighted by molar-refractivity contribution is 6.13. The van der Waals surface area contributed by atoms with Gasteiger partial charge >= 0.3 is 0 Å². The third-order valence-electron chi connectivity index (χ3n) is 13.8. The molecule has 0 N–H and O–H groups in total. The number of hydrogen-bond acceptors (Lipinski definition) is 3. The van der Waals surface area contributed by atoms with Crippen LogP contribution in [0, 0.1) is 0 Å². The van der Waals surface area contributed by atoms with Crippen LogP contribution in [0.4, 0.5) is 17.1 Å². The fraction of sp³-hybridized carbons (Fsp3) is 0. The van der Waals surface area contributed by atoms with Crippen LogP contribution in [-0.4, -0.2) is 4.57 Å². The van der Waals surface area contributed by atoms with E-state index in [0.717, 1.165) is 88.9 Å². The predicted octanol–water partition coefficient (Wildman–Crippen LogP) is 18.2. The molecule has 3 heterocycles. The highest BCUT2D eigenvalue weighted by atomic mass is 16.3. The summed E-state index contributed by atoms with van der Waals surface area (Å²) in [5, 5.41) is 9.30. The van der Waals surface area contributed by atoms with Crippen molar-refractivity contribution < 1.29 is 8.83 Å². The number of anilines is 3. The molecule has 0 saturated carbocycles. The van der Waals surface area contributed by atoms with Crippen molar-refractivity contribution in [3.63, 3.8) is 0 Å². The van der Waals surface area contributed by atoms with Crippen molar-refractivity contribution in [1.82, 2.24) is 4.57 Å². The molecule has 0 radical (unpaired) electrons. The highest BCUT2D eigenvalue weighted by Gasteiger charge is 2.22. The third kappa shape index (κ3) is 6.01. The van der Waals surface area contributed by atoms with E-state index in [1.54, 1.807) is 0 Å². The normalized spacial score (nSPS) is 11.8. The Morgan fingerprint density at radius 3 is 1.49 bits per heavy atom. The summed E-state index contributed by atoms with van der Waals surface area (Å²) in [6, 6.07) is 87.0. The van der Waals surface area contributed by atoms with Crippen LogP contribution < -0.4 is 4.90 Å². The van der Waals surface area contributed by atoms with Crippen molar-refractivity contribution in [3.05, 3.63) is 243 Å². The first-order chi connectivity index (χ1) is 33.7. The topological polar surface area (TPSA) is 34.5 Å². The quantitative estimate of drug-likeness (QED) is 0.160. The van der Waals surface area contributed by atoms with E-state index in [2.05, 4.69) is 234 Å². The van der Waals surface area contributed by atoms with Crippen molar-refractivity contribution in [2.24, 2.45) is 0 Å². The Morgan fingerprint density at radius 2 is 0.794 bits per heavy atom. The Hall–Kier alpha value is -9.12. The lowest BCUT2D eigenvalue weighted by molar-refractivity contribution is 0.669. The average Bonchev–Trinajstić information content (AvgIpc) is 4.09. The lowest BCUT2D eigenvalue weighted by Crippen LogP contribution is -2.10. The van der Waals surface area contributed by atoms with Gasteiger partial charge in [0.05, 0.1) is 11.0 Å². The number of hydrogen-bond donors (Lipinski definition) is 0. The fourth-order valence-electron chi connectivity index (χ4n) is 10.6. The van der Waals surface area contributed by atoms with Gasteiger partial charge in [-0.15, -0.1) is 0 Å². The molecule has 0 spiro atoms. The lowest BCUT2D eigenvalue weighted by atomic mass is 9.97. The molecule has 0 amide bonds. The van der Waals surface area contributed by atoms with Crippen LogP contribution in [-0.2, 0) is 0 Å². The molecule has 0 unspecified atom stereocenters. The molecule has 68 heavy (non-hydrogen) atoms. The van der Waals surface area contributed by atoms with Gasteiger partial charge in [-0.1, -0.05) is 170 Å². The van der Waals surface area contributed by atoms with Crippen molar-refractivity contribution in [2.45, 2.75) is 0 Å². The first-order valence-corrected chi connectivity index (χ1v) is 23.2. The number of aromatic nitrogens is 1. The Labute approximate surface area is 391 Å². The van der Waals surface area contributed by atoms with E-state index in [9.17, 15) is 0 Å². The minimum atomic E-state index is 0.856. The molecule has 11 aromatic carbocycles. The van der Waals surface area contributed by atoms with E-state index in [-0.39, 0.29) is 0 Å². The van der Waals surface area contributed by atoms with Crippen LogP contribution in [0.1, 0.15) is 0 Å². The van der Waals surface area contributed by atoms with Gasteiger partial charge in [0.1, 0.15) is 22.3 Å². The van der Waals surface area contributed by atoms with Crippen LogP contribution in [0.25, 0.3) is 116 Å². The van der Waals surface area contributed by atoms with Gasteiger partial charge < -0.3 is 18.3 Å². The number of para-hydroxylation sites is 5. The first-order valence-electron chi connectivity index (χ1n) is 23.2. The van der Waals surface area contributed by atoms with Gasteiger partial charge in [-0.25, -0.2) is 0 Å². The van der Waals surface area contributed by atoms with Crippen molar-refractivity contribution in [3.8, 4) is 39.1 Å². The SMILES string of the molecule is c1cc(-c2cc(N(c3ccc(-c4cccc5ccccc45)cc3)c3ccc(-c4cccc5c4oc4ccccc45)cc3)cc3c2oc2ccccc23)cc(-n2c3ccccc3c3ccccc32)c1. The number of fused-ring (bicyclic) bond motifs is 10. The van der Waals surface area contributed by atoms with Crippen LogP contribution in [0.2, 0.25) is 0 Å². The zero-order valence-electron chi connectivity index (χ0n) is 36.8. The van der Waals surface area contributed by atoms with E-state index < -0.39 is 0 Å². The molecular formula is C64H40N2O2. The van der Waals surface area contributed by atoms with E-state index in [4.69, 9.17) is 8.83 Å². The monoisotopic (exact) mass is 868 g/mol. The molecule has 318 valence electrons. The third-order valence-corrected chi connectivity index (χ3v) is 13.8. The molecule has 4 heteroatoms. The summed E-state index contributed by atoms with van der Waals surface area (Å²) in [4.78, 5) is 2.37. The zero-order chi connectivity index (χ0) is 44.7. The maximum atomic E-state index is 6.84. The summed E-state index contributed by atoms with van der Waals surface area (Å²) in [6.45, 7) is 0. The first kappa shape index (κ1) is 38.2. The molecule has 4 nitrogen and oxygen atoms in total. The standard InChI is InChI=1S/C64H40N2O2/c1-2-18-49-41(14-1)15-12-23-50(49)42-30-34-45(35-31-42)65(46-36-32-43(33-37-46)51-24-13-25-56-54-21-5-9-28-61(54)67-63(51)56)48-39-57(64-58(40-48)55-22-6-10-29-62(55)68-64)44-16-11-17-47(38-44)66-59-26-7-3-19-52(59)53-20-4-8-27-60(53)66/h1-40H. The summed E-state index contributed by atoms with van der Waals surface area (Å²) in [6.07, 6.45) is 0. The molecule has 0 aliphatic rings. The molecular weight excluding hydrogens is 829 g/mol. The average molecular weight is 869 g/mol. The predicted molar refractivity (Wildman–Crippen MR) is 284 cm³/mol. The molecule has 0 fully saturated rings. The van der Waals surface area contributed by atoms with Gasteiger partial charge in [0.2, 0.25) is 0 Å². The molecule has 14 aromatic rings. The van der Waals surface area contributed by atoms with Gasteiger partial charge in [-0.2, -0.15) is 0 Å². The zero-order valence-corrected chi connectivity index (χ0v) is 36.8. The van der Waals surface area contributed by atoms with Gasteiger partial charge in [0.25, 0.3) is 0 Å². The Balaban J connectivity index is 0.966. The van der Waals surface area contributed by atoms with Crippen LogP contribution in [0.3, 0.4) is 0 Å². The Bertz CT molecular complexity index is 4210. The molecule has 0 aliphatic carbocycles. The number of furan rings is 2. The van der Waals surface area contributed by atoms with E-state index in [1.165, 1.54) is 43.7 Å². The molecule has 0 aliphatic heterocycles. The van der Waals surface area contributed by atoms with Crippen LogP contribution in [0.15, 0.2) is 251 Å².